The number of likely N-dealkylation sites (tertiary alicyclic amines) is 1. The van der Waals surface area contributed by atoms with Crippen molar-refractivity contribution in [1.82, 2.24) is 4.90 Å². The van der Waals surface area contributed by atoms with Crippen LogP contribution in [0.4, 0.5) is 4.39 Å². The molecule has 0 aliphatic carbocycles. The molecule has 0 N–H and O–H groups in total. The van der Waals surface area contributed by atoms with E-state index in [1.54, 1.807) is 17.9 Å². The molecule has 1 radical (unpaired) electrons. The average molecular weight is 285 g/mol. The van der Waals surface area contributed by atoms with Gasteiger partial charge >= 0.3 is 0 Å². The first-order valence-electron chi connectivity index (χ1n) is 6.13. The first kappa shape index (κ1) is 14.3. The van der Waals surface area contributed by atoms with Crippen molar-refractivity contribution in [1.29, 1.82) is 0 Å². The molecule has 0 saturated carbocycles. The SMILES string of the molecule is [CH2]COC1(C)CCN(Cc2ccc(F)cc2Cl)C1=O. The molecule has 103 valence electrons. The minimum atomic E-state index is -0.797. The zero-order valence-electron chi connectivity index (χ0n) is 10.8. The molecule has 2 rings (SSSR count). The maximum Gasteiger partial charge on any atom is 0.254 e. The van der Waals surface area contributed by atoms with Gasteiger partial charge in [-0.1, -0.05) is 17.7 Å². The highest BCUT2D eigenvalue weighted by Crippen LogP contribution is 2.29. The third kappa shape index (κ3) is 2.90. The van der Waals surface area contributed by atoms with Crippen LogP contribution in [0.1, 0.15) is 18.9 Å². The van der Waals surface area contributed by atoms with Crippen LogP contribution in [0.25, 0.3) is 0 Å². The van der Waals surface area contributed by atoms with E-state index in [2.05, 4.69) is 6.92 Å². The van der Waals surface area contributed by atoms with Crippen molar-refractivity contribution in [2.75, 3.05) is 13.2 Å². The Bertz CT molecular complexity index is 494. The lowest BCUT2D eigenvalue weighted by atomic mass is 10.1. The second kappa shape index (κ2) is 5.47. The molecule has 0 aromatic heterocycles. The van der Waals surface area contributed by atoms with Crippen LogP contribution < -0.4 is 0 Å². The van der Waals surface area contributed by atoms with Gasteiger partial charge in [0.1, 0.15) is 11.4 Å². The molecule has 1 fully saturated rings. The van der Waals surface area contributed by atoms with Crippen LogP contribution in [0.2, 0.25) is 5.02 Å². The Hall–Kier alpha value is -1.13. The van der Waals surface area contributed by atoms with Crippen molar-refractivity contribution in [2.24, 2.45) is 0 Å². The largest absolute Gasteiger partial charge is 0.365 e. The molecule has 1 aliphatic heterocycles. The van der Waals surface area contributed by atoms with E-state index in [1.165, 1.54) is 12.1 Å². The summed E-state index contributed by atoms with van der Waals surface area (Å²) in [5, 5.41) is 0.333. The van der Waals surface area contributed by atoms with Crippen molar-refractivity contribution in [2.45, 2.75) is 25.5 Å². The van der Waals surface area contributed by atoms with E-state index in [1.807, 2.05) is 0 Å². The van der Waals surface area contributed by atoms with Crippen molar-refractivity contribution >= 4 is 17.5 Å². The number of ether oxygens (including phenoxy) is 1. The van der Waals surface area contributed by atoms with E-state index in [0.29, 0.717) is 24.5 Å². The van der Waals surface area contributed by atoms with Crippen LogP contribution in [0.3, 0.4) is 0 Å². The minimum absolute atomic E-state index is 0.0726. The fourth-order valence-electron chi connectivity index (χ4n) is 2.26. The lowest BCUT2D eigenvalue weighted by Gasteiger charge is -2.23. The second-order valence-electron chi connectivity index (χ2n) is 4.79. The Labute approximate surface area is 117 Å². The summed E-state index contributed by atoms with van der Waals surface area (Å²) in [6.45, 7) is 6.60. The summed E-state index contributed by atoms with van der Waals surface area (Å²) in [6, 6.07) is 4.19. The molecule has 1 atom stereocenters. The summed E-state index contributed by atoms with van der Waals surface area (Å²) in [5.41, 5.74) is -0.0656. The molecule has 1 aromatic rings. The quantitative estimate of drug-likeness (QED) is 0.851. The molecule has 1 saturated heterocycles. The van der Waals surface area contributed by atoms with Crippen molar-refractivity contribution in [3.05, 3.63) is 41.5 Å². The lowest BCUT2D eigenvalue weighted by molar-refractivity contribution is -0.146. The molecule has 19 heavy (non-hydrogen) atoms. The second-order valence-corrected chi connectivity index (χ2v) is 5.20. The van der Waals surface area contributed by atoms with E-state index in [-0.39, 0.29) is 18.3 Å². The van der Waals surface area contributed by atoms with E-state index < -0.39 is 5.60 Å². The fraction of sp³-hybridized carbons (Fsp3) is 0.429. The van der Waals surface area contributed by atoms with Gasteiger partial charge in [-0.3, -0.25) is 4.79 Å². The Kier molecular flexibility index (Phi) is 4.11. The van der Waals surface area contributed by atoms with Gasteiger partial charge in [-0.05, 0) is 31.5 Å². The Morgan fingerprint density at radius 1 is 1.58 bits per heavy atom. The fourth-order valence-corrected chi connectivity index (χ4v) is 2.48. The zero-order valence-corrected chi connectivity index (χ0v) is 11.5. The summed E-state index contributed by atoms with van der Waals surface area (Å²) < 4.78 is 18.4. The molecule has 1 unspecified atom stereocenters. The number of hydrogen-bond acceptors (Lipinski definition) is 2. The number of amides is 1. The van der Waals surface area contributed by atoms with Gasteiger partial charge in [0, 0.05) is 31.1 Å². The van der Waals surface area contributed by atoms with Crippen LogP contribution in [-0.2, 0) is 16.1 Å². The molecule has 3 nitrogen and oxygen atoms in total. The van der Waals surface area contributed by atoms with Crippen LogP contribution in [0.5, 0.6) is 0 Å². The first-order valence-corrected chi connectivity index (χ1v) is 6.50. The van der Waals surface area contributed by atoms with Gasteiger partial charge in [0.15, 0.2) is 0 Å². The number of carbonyl (C=O) groups is 1. The van der Waals surface area contributed by atoms with Gasteiger partial charge in [-0.25, -0.2) is 4.39 Å². The van der Waals surface area contributed by atoms with Crippen molar-refractivity contribution in [3.63, 3.8) is 0 Å². The summed E-state index contributed by atoms with van der Waals surface area (Å²) >= 11 is 5.97. The maximum absolute atomic E-state index is 13.0. The molecule has 5 heteroatoms. The van der Waals surface area contributed by atoms with Gasteiger partial charge in [0.05, 0.1) is 0 Å². The van der Waals surface area contributed by atoms with Crippen LogP contribution in [0.15, 0.2) is 18.2 Å². The summed E-state index contributed by atoms with van der Waals surface area (Å²) in [7, 11) is 0. The number of rotatable bonds is 4. The minimum Gasteiger partial charge on any atom is -0.365 e. The summed E-state index contributed by atoms with van der Waals surface area (Å²) in [4.78, 5) is 13.9. The van der Waals surface area contributed by atoms with E-state index in [9.17, 15) is 9.18 Å². The van der Waals surface area contributed by atoms with Gasteiger partial charge in [-0.2, -0.15) is 0 Å². The topological polar surface area (TPSA) is 29.5 Å². The molecular formula is C14H16ClFNO2. The third-order valence-electron chi connectivity index (χ3n) is 3.40. The van der Waals surface area contributed by atoms with Gasteiger partial charge < -0.3 is 9.64 Å². The first-order chi connectivity index (χ1) is 8.96. The number of halogens is 2. The predicted molar refractivity (Wildman–Crippen MR) is 71.2 cm³/mol. The highest BCUT2D eigenvalue weighted by Gasteiger charge is 2.43. The normalized spacial score (nSPS) is 23.2. The number of carbonyl (C=O) groups excluding carboxylic acids is 1. The Morgan fingerprint density at radius 3 is 2.95 bits per heavy atom. The van der Waals surface area contributed by atoms with Crippen molar-refractivity contribution < 1.29 is 13.9 Å². The molecule has 1 aliphatic rings. The molecule has 1 heterocycles. The molecule has 0 spiro atoms. The van der Waals surface area contributed by atoms with Crippen LogP contribution >= 0.6 is 11.6 Å². The van der Waals surface area contributed by atoms with Gasteiger partial charge in [0.25, 0.3) is 5.91 Å². The van der Waals surface area contributed by atoms with Gasteiger partial charge in [-0.15, -0.1) is 0 Å². The molecule has 1 aromatic carbocycles. The average Bonchev–Trinajstić information content (AvgIpc) is 2.61. The zero-order chi connectivity index (χ0) is 14.0. The van der Waals surface area contributed by atoms with Gasteiger partial charge in [0.2, 0.25) is 0 Å². The third-order valence-corrected chi connectivity index (χ3v) is 3.75. The molecule has 0 bridgehead atoms. The Morgan fingerprint density at radius 2 is 2.32 bits per heavy atom. The standard InChI is InChI=1S/C14H16ClFNO2/c1-3-19-14(2)6-7-17(13(14)18)9-10-4-5-11(16)8-12(10)15/h4-5,8H,1,3,6-7,9H2,2H3. The Balaban J connectivity index is 2.11. The molecular weight excluding hydrogens is 269 g/mol. The number of benzene rings is 1. The number of nitrogens with zero attached hydrogens (tertiary/aromatic N) is 1. The number of hydrogen-bond donors (Lipinski definition) is 0. The molecule has 1 amide bonds. The monoisotopic (exact) mass is 284 g/mol. The lowest BCUT2D eigenvalue weighted by Crippen LogP contribution is -2.39. The van der Waals surface area contributed by atoms with E-state index >= 15 is 0 Å². The predicted octanol–water partition coefficient (Wildman–Crippen LogP) is 2.82. The maximum atomic E-state index is 13.0. The highest BCUT2D eigenvalue weighted by atomic mass is 35.5. The van der Waals surface area contributed by atoms with E-state index in [4.69, 9.17) is 16.3 Å². The van der Waals surface area contributed by atoms with Crippen molar-refractivity contribution in [3.8, 4) is 0 Å². The smallest absolute Gasteiger partial charge is 0.254 e. The van der Waals surface area contributed by atoms with Crippen LogP contribution in [-0.4, -0.2) is 29.6 Å². The summed E-state index contributed by atoms with van der Waals surface area (Å²) in [5.74, 6) is -0.455. The highest BCUT2D eigenvalue weighted by molar-refractivity contribution is 6.31. The van der Waals surface area contributed by atoms with Crippen LogP contribution in [0, 0.1) is 12.7 Å². The summed E-state index contributed by atoms with van der Waals surface area (Å²) in [6.07, 6.45) is 0.625. The van der Waals surface area contributed by atoms with E-state index in [0.717, 1.165) is 5.56 Å².